The van der Waals surface area contributed by atoms with Gasteiger partial charge in [-0.25, -0.2) is 0 Å². The largest absolute Gasteiger partial charge is 0.313 e. The van der Waals surface area contributed by atoms with E-state index >= 15 is 0 Å². The van der Waals surface area contributed by atoms with Crippen molar-refractivity contribution in [1.29, 1.82) is 0 Å². The predicted molar refractivity (Wildman–Crippen MR) is 83.7 cm³/mol. The molecule has 0 saturated heterocycles. The molecule has 0 bridgehead atoms. The van der Waals surface area contributed by atoms with Gasteiger partial charge in [-0.15, -0.1) is 0 Å². The molecule has 2 heteroatoms. The lowest BCUT2D eigenvalue weighted by Crippen LogP contribution is -2.39. The van der Waals surface area contributed by atoms with Crippen molar-refractivity contribution in [2.45, 2.75) is 52.0 Å². The Hall–Kier alpha value is -0.530. The number of halogens is 1. The van der Waals surface area contributed by atoms with Gasteiger partial charge in [0.1, 0.15) is 0 Å². The van der Waals surface area contributed by atoms with Crippen molar-refractivity contribution < 1.29 is 0 Å². The topological polar surface area (TPSA) is 12.0 Å². The lowest BCUT2D eigenvalue weighted by molar-refractivity contribution is 0.295. The van der Waals surface area contributed by atoms with Crippen LogP contribution in [0.5, 0.6) is 0 Å². The molecule has 0 aromatic heterocycles. The quantitative estimate of drug-likeness (QED) is 0.797. The van der Waals surface area contributed by atoms with Crippen LogP contribution in [0.3, 0.4) is 0 Å². The van der Waals surface area contributed by atoms with Gasteiger partial charge in [0.2, 0.25) is 0 Å². The Bertz CT molecular complexity index is 391. The monoisotopic (exact) mass is 279 g/mol. The van der Waals surface area contributed by atoms with Crippen molar-refractivity contribution in [2.75, 3.05) is 6.54 Å². The molecule has 2 rings (SSSR count). The van der Waals surface area contributed by atoms with Crippen LogP contribution < -0.4 is 5.32 Å². The van der Waals surface area contributed by atoms with Crippen molar-refractivity contribution in [2.24, 2.45) is 11.8 Å². The summed E-state index contributed by atoms with van der Waals surface area (Å²) in [6.07, 6.45) is 6.40. The summed E-state index contributed by atoms with van der Waals surface area (Å²) in [7, 11) is 0. The maximum Gasteiger partial charge on any atom is 0.0438 e. The van der Waals surface area contributed by atoms with Crippen LogP contribution >= 0.6 is 11.6 Å². The Morgan fingerprint density at radius 2 is 2.11 bits per heavy atom. The zero-order valence-corrected chi connectivity index (χ0v) is 12.9. The minimum absolute atomic E-state index is 0.581. The molecule has 1 aliphatic carbocycles. The third kappa shape index (κ3) is 3.97. The molecule has 106 valence electrons. The van der Waals surface area contributed by atoms with Crippen molar-refractivity contribution >= 4 is 11.6 Å². The Labute approximate surface area is 122 Å². The Balaban J connectivity index is 2.07. The van der Waals surface area contributed by atoms with Gasteiger partial charge < -0.3 is 5.32 Å². The maximum atomic E-state index is 6.32. The SMILES string of the molecule is CCCNC(Cc1ccccc1Cl)C1CCCC1C. The van der Waals surface area contributed by atoms with Gasteiger partial charge in [0.25, 0.3) is 0 Å². The summed E-state index contributed by atoms with van der Waals surface area (Å²) in [5, 5.41) is 4.67. The van der Waals surface area contributed by atoms with Crippen LogP contribution in [0.15, 0.2) is 24.3 Å². The lowest BCUT2D eigenvalue weighted by Gasteiger charge is -2.28. The van der Waals surface area contributed by atoms with Crippen molar-refractivity contribution in [3.63, 3.8) is 0 Å². The number of nitrogens with one attached hydrogen (secondary N) is 1. The molecular weight excluding hydrogens is 254 g/mol. The molecule has 0 aliphatic heterocycles. The second-order valence-corrected chi connectivity index (χ2v) is 6.34. The van der Waals surface area contributed by atoms with E-state index in [1.54, 1.807) is 0 Å². The molecular formula is C17H26ClN. The highest BCUT2D eigenvalue weighted by atomic mass is 35.5. The normalized spacial score (nSPS) is 24.6. The smallest absolute Gasteiger partial charge is 0.0438 e. The summed E-state index contributed by atoms with van der Waals surface area (Å²) < 4.78 is 0. The van der Waals surface area contributed by atoms with E-state index < -0.39 is 0 Å². The molecule has 0 radical (unpaired) electrons. The summed E-state index contributed by atoms with van der Waals surface area (Å²) >= 11 is 6.32. The molecule has 0 amide bonds. The standard InChI is InChI=1S/C17H26ClN/c1-3-11-19-17(15-9-6-7-13(15)2)12-14-8-4-5-10-16(14)18/h4-5,8,10,13,15,17,19H,3,6-7,9,11-12H2,1-2H3. The van der Waals surface area contributed by atoms with E-state index in [1.165, 1.54) is 31.2 Å². The Kier molecular flexibility index (Phi) is 5.72. The van der Waals surface area contributed by atoms with E-state index in [4.69, 9.17) is 11.6 Å². The highest BCUT2D eigenvalue weighted by Gasteiger charge is 2.30. The van der Waals surface area contributed by atoms with E-state index in [0.717, 1.165) is 29.8 Å². The first-order valence-corrected chi connectivity index (χ1v) is 8.07. The van der Waals surface area contributed by atoms with Crippen molar-refractivity contribution in [3.8, 4) is 0 Å². The van der Waals surface area contributed by atoms with Gasteiger partial charge in [-0.3, -0.25) is 0 Å². The third-order valence-electron chi connectivity index (χ3n) is 4.50. The molecule has 1 saturated carbocycles. The summed E-state index contributed by atoms with van der Waals surface area (Å²) in [6, 6.07) is 8.86. The fourth-order valence-corrected chi connectivity index (χ4v) is 3.59. The molecule has 1 N–H and O–H groups in total. The van der Waals surface area contributed by atoms with Gasteiger partial charge in [-0.2, -0.15) is 0 Å². The Morgan fingerprint density at radius 1 is 1.32 bits per heavy atom. The van der Waals surface area contributed by atoms with E-state index in [9.17, 15) is 0 Å². The van der Waals surface area contributed by atoms with Gasteiger partial charge >= 0.3 is 0 Å². The van der Waals surface area contributed by atoms with Crippen molar-refractivity contribution in [1.82, 2.24) is 5.32 Å². The van der Waals surface area contributed by atoms with Crippen LogP contribution in [0.1, 0.15) is 45.1 Å². The minimum atomic E-state index is 0.581. The van der Waals surface area contributed by atoms with Crippen LogP contribution in [-0.4, -0.2) is 12.6 Å². The van der Waals surface area contributed by atoms with Gasteiger partial charge in [0.05, 0.1) is 0 Å². The average molecular weight is 280 g/mol. The molecule has 3 unspecified atom stereocenters. The summed E-state index contributed by atoms with van der Waals surface area (Å²) in [5.74, 6) is 1.65. The van der Waals surface area contributed by atoms with E-state index in [2.05, 4.69) is 31.3 Å². The van der Waals surface area contributed by atoms with Crippen LogP contribution in [0.2, 0.25) is 5.02 Å². The number of hydrogen-bond acceptors (Lipinski definition) is 1. The van der Waals surface area contributed by atoms with E-state index in [-0.39, 0.29) is 0 Å². The van der Waals surface area contributed by atoms with Gasteiger partial charge in [0.15, 0.2) is 0 Å². The maximum absolute atomic E-state index is 6.32. The molecule has 1 aromatic rings. The highest BCUT2D eigenvalue weighted by molar-refractivity contribution is 6.31. The van der Waals surface area contributed by atoms with E-state index in [0.29, 0.717) is 6.04 Å². The minimum Gasteiger partial charge on any atom is -0.313 e. The Morgan fingerprint density at radius 3 is 2.74 bits per heavy atom. The first-order valence-electron chi connectivity index (χ1n) is 7.69. The fourth-order valence-electron chi connectivity index (χ4n) is 3.38. The summed E-state index contributed by atoms with van der Waals surface area (Å²) in [6.45, 7) is 5.75. The number of hydrogen-bond donors (Lipinski definition) is 1. The zero-order chi connectivity index (χ0) is 13.7. The number of rotatable bonds is 6. The molecule has 1 aromatic carbocycles. The predicted octanol–water partition coefficient (Wildman–Crippen LogP) is 4.69. The molecule has 3 atom stereocenters. The molecule has 0 spiro atoms. The second-order valence-electron chi connectivity index (χ2n) is 5.93. The first-order chi connectivity index (χ1) is 9.22. The van der Waals surface area contributed by atoms with Crippen LogP contribution in [0.25, 0.3) is 0 Å². The second kappa shape index (κ2) is 7.31. The van der Waals surface area contributed by atoms with Crippen LogP contribution in [-0.2, 0) is 6.42 Å². The number of benzene rings is 1. The zero-order valence-electron chi connectivity index (χ0n) is 12.2. The van der Waals surface area contributed by atoms with Crippen LogP contribution in [0, 0.1) is 11.8 Å². The molecule has 1 nitrogen and oxygen atoms in total. The third-order valence-corrected chi connectivity index (χ3v) is 4.87. The molecule has 1 aliphatic rings. The molecule has 1 fully saturated rings. The van der Waals surface area contributed by atoms with Crippen molar-refractivity contribution in [3.05, 3.63) is 34.9 Å². The lowest BCUT2D eigenvalue weighted by atomic mass is 9.86. The van der Waals surface area contributed by atoms with Crippen LogP contribution in [0.4, 0.5) is 0 Å². The average Bonchev–Trinajstić information content (AvgIpc) is 2.83. The molecule has 0 heterocycles. The molecule has 19 heavy (non-hydrogen) atoms. The summed E-state index contributed by atoms with van der Waals surface area (Å²) in [5.41, 5.74) is 1.29. The van der Waals surface area contributed by atoms with Gasteiger partial charge in [-0.05, 0) is 49.3 Å². The van der Waals surface area contributed by atoms with Gasteiger partial charge in [-0.1, -0.05) is 56.5 Å². The van der Waals surface area contributed by atoms with E-state index in [1.807, 2.05) is 12.1 Å². The van der Waals surface area contributed by atoms with Gasteiger partial charge in [0, 0.05) is 11.1 Å². The summed E-state index contributed by atoms with van der Waals surface area (Å²) in [4.78, 5) is 0. The fraction of sp³-hybridized carbons (Fsp3) is 0.647. The first kappa shape index (κ1) is 14.9. The highest BCUT2D eigenvalue weighted by Crippen LogP contribution is 2.35.